The van der Waals surface area contributed by atoms with Crippen LogP contribution in [0.25, 0.3) is 0 Å². The second-order valence-corrected chi connectivity index (χ2v) is 5.12. The number of piperidine rings is 1. The summed E-state index contributed by atoms with van der Waals surface area (Å²) in [7, 11) is 0. The minimum Gasteiger partial charge on any atom is -0.378 e. The molecule has 0 spiro atoms. The highest BCUT2D eigenvalue weighted by molar-refractivity contribution is 6.29. The summed E-state index contributed by atoms with van der Waals surface area (Å²) in [6.45, 7) is 3.60. The van der Waals surface area contributed by atoms with Crippen LogP contribution >= 0.6 is 11.6 Å². The highest BCUT2D eigenvalue weighted by Crippen LogP contribution is 2.24. The van der Waals surface area contributed by atoms with Gasteiger partial charge in [-0.1, -0.05) is 11.6 Å². The van der Waals surface area contributed by atoms with E-state index in [2.05, 4.69) is 4.98 Å². The van der Waals surface area contributed by atoms with Gasteiger partial charge in [0.2, 0.25) is 0 Å². The lowest BCUT2D eigenvalue weighted by Crippen LogP contribution is -2.41. The van der Waals surface area contributed by atoms with Crippen molar-refractivity contribution < 1.29 is 14.5 Å². The summed E-state index contributed by atoms with van der Waals surface area (Å²) in [6, 6.07) is 1.25. The maximum Gasteiger partial charge on any atom is 0.300 e. The molecule has 7 nitrogen and oxygen atoms in total. The summed E-state index contributed by atoms with van der Waals surface area (Å²) in [5.74, 6) is -0.388. The first-order valence-electron chi connectivity index (χ1n) is 6.73. The Kier molecular flexibility index (Phi) is 5.08. The average Bonchev–Trinajstić information content (AvgIpc) is 2.47. The van der Waals surface area contributed by atoms with Gasteiger partial charge in [-0.05, 0) is 25.8 Å². The standard InChI is InChI=1S/C13H16ClN3O4/c1-2-21-9-3-5-16(6-4-9)13(18)10-7-12(14)15-8-11(10)17(19)20/h7-9H,2-6H2,1H3. The lowest BCUT2D eigenvalue weighted by molar-refractivity contribution is -0.385. The molecular weight excluding hydrogens is 298 g/mol. The number of carbonyl (C=O) groups excluding carboxylic acids is 1. The maximum absolute atomic E-state index is 12.4. The summed E-state index contributed by atoms with van der Waals surface area (Å²) in [5.41, 5.74) is -0.341. The van der Waals surface area contributed by atoms with Crippen LogP contribution in [0.5, 0.6) is 0 Å². The Morgan fingerprint density at radius 2 is 2.24 bits per heavy atom. The van der Waals surface area contributed by atoms with Gasteiger partial charge in [0.1, 0.15) is 16.9 Å². The SMILES string of the molecule is CCOC1CCN(C(=O)c2cc(Cl)ncc2[N+](=O)[O-])CC1. The number of halogens is 1. The zero-order valence-corrected chi connectivity index (χ0v) is 12.4. The minimum absolute atomic E-state index is 0.0186. The van der Waals surface area contributed by atoms with Crippen molar-refractivity contribution in [3.8, 4) is 0 Å². The van der Waals surface area contributed by atoms with Crippen LogP contribution in [0.1, 0.15) is 30.1 Å². The second kappa shape index (κ2) is 6.82. The largest absolute Gasteiger partial charge is 0.378 e. The van der Waals surface area contributed by atoms with Gasteiger partial charge in [0.05, 0.1) is 11.0 Å². The number of ether oxygens (including phenoxy) is 1. The van der Waals surface area contributed by atoms with Gasteiger partial charge in [0.15, 0.2) is 0 Å². The number of hydrogen-bond acceptors (Lipinski definition) is 5. The highest BCUT2D eigenvalue weighted by Gasteiger charge is 2.29. The number of likely N-dealkylation sites (tertiary alicyclic amines) is 1. The zero-order valence-electron chi connectivity index (χ0n) is 11.6. The first kappa shape index (κ1) is 15.7. The third-order valence-corrected chi connectivity index (χ3v) is 3.61. The number of hydrogen-bond donors (Lipinski definition) is 0. The number of rotatable bonds is 4. The van der Waals surface area contributed by atoms with Crippen LogP contribution in [0.2, 0.25) is 5.15 Å². The predicted octanol–water partition coefficient (Wildman–Crippen LogP) is 2.28. The molecule has 0 bridgehead atoms. The summed E-state index contributed by atoms with van der Waals surface area (Å²) in [5, 5.41) is 11.1. The van der Waals surface area contributed by atoms with Crippen molar-refractivity contribution in [3.05, 3.63) is 33.1 Å². The Morgan fingerprint density at radius 3 is 2.81 bits per heavy atom. The summed E-state index contributed by atoms with van der Waals surface area (Å²) in [6.07, 6.45) is 2.62. The number of carbonyl (C=O) groups is 1. The fourth-order valence-corrected chi connectivity index (χ4v) is 2.53. The molecule has 21 heavy (non-hydrogen) atoms. The van der Waals surface area contributed by atoms with Crippen molar-refractivity contribution in [1.82, 2.24) is 9.88 Å². The van der Waals surface area contributed by atoms with Crippen LogP contribution in [-0.2, 0) is 4.74 Å². The van der Waals surface area contributed by atoms with Crippen LogP contribution in [0.3, 0.4) is 0 Å². The lowest BCUT2D eigenvalue weighted by Gasteiger charge is -2.31. The van der Waals surface area contributed by atoms with E-state index in [0.717, 1.165) is 19.0 Å². The first-order chi connectivity index (χ1) is 10.0. The Balaban J connectivity index is 2.14. The second-order valence-electron chi connectivity index (χ2n) is 4.73. The molecule has 2 heterocycles. The Bertz CT molecular complexity index is 544. The molecule has 0 aliphatic carbocycles. The fourth-order valence-electron chi connectivity index (χ4n) is 2.37. The van der Waals surface area contributed by atoms with Crippen molar-refractivity contribution in [2.24, 2.45) is 0 Å². The van der Waals surface area contributed by atoms with E-state index < -0.39 is 4.92 Å². The summed E-state index contributed by atoms with van der Waals surface area (Å²) in [4.78, 5) is 28.1. The third kappa shape index (κ3) is 3.68. The van der Waals surface area contributed by atoms with Crippen LogP contribution in [0, 0.1) is 10.1 Å². The van der Waals surface area contributed by atoms with Crippen molar-refractivity contribution >= 4 is 23.2 Å². The van der Waals surface area contributed by atoms with Gasteiger partial charge in [-0.25, -0.2) is 4.98 Å². The summed E-state index contributed by atoms with van der Waals surface area (Å²) >= 11 is 5.74. The number of aromatic nitrogens is 1. The highest BCUT2D eigenvalue weighted by atomic mass is 35.5. The van der Waals surface area contributed by atoms with Gasteiger partial charge in [-0.3, -0.25) is 14.9 Å². The molecule has 8 heteroatoms. The van der Waals surface area contributed by atoms with Gasteiger partial charge in [0, 0.05) is 19.7 Å². The molecule has 0 aromatic carbocycles. The Morgan fingerprint density at radius 1 is 1.57 bits per heavy atom. The molecule has 0 radical (unpaired) electrons. The third-order valence-electron chi connectivity index (χ3n) is 3.41. The molecule has 0 N–H and O–H groups in total. The van der Waals surface area contributed by atoms with E-state index in [9.17, 15) is 14.9 Å². The monoisotopic (exact) mass is 313 g/mol. The van der Waals surface area contributed by atoms with Gasteiger partial charge < -0.3 is 9.64 Å². The fraction of sp³-hybridized carbons (Fsp3) is 0.538. The molecule has 1 aromatic heterocycles. The van der Waals surface area contributed by atoms with Gasteiger partial charge in [0.25, 0.3) is 11.6 Å². The smallest absolute Gasteiger partial charge is 0.300 e. The van der Waals surface area contributed by atoms with Crippen molar-refractivity contribution in [2.75, 3.05) is 19.7 Å². The Hall–Kier alpha value is -1.73. The van der Waals surface area contributed by atoms with Gasteiger partial charge >= 0.3 is 0 Å². The van der Waals surface area contributed by atoms with E-state index >= 15 is 0 Å². The number of nitrogens with zero attached hydrogens (tertiary/aromatic N) is 3. The molecule has 1 fully saturated rings. The van der Waals surface area contributed by atoms with Crippen molar-refractivity contribution in [3.63, 3.8) is 0 Å². The van der Waals surface area contributed by atoms with Crippen LogP contribution in [-0.4, -0.2) is 46.5 Å². The quantitative estimate of drug-likeness (QED) is 0.483. The van der Waals surface area contributed by atoms with Crippen molar-refractivity contribution in [1.29, 1.82) is 0 Å². The number of pyridine rings is 1. The van der Waals surface area contributed by atoms with Crippen LogP contribution in [0.4, 0.5) is 5.69 Å². The van der Waals surface area contributed by atoms with Crippen molar-refractivity contribution in [2.45, 2.75) is 25.9 Å². The van der Waals surface area contributed by atoms with E-state index in [-0.39, 0.29) is 28.4 Å². The topological polar surface area (TPSA) is 85.6 Å². The number of amides is 1. The maximum atomic E-state index is 12.4. The van der Waals surface area contributed by atoms with Crippen LogP contribution in [0.15, 0.2) is 12.3 Å². The molecular formula is C13H16ClN3O4. The van der Waals surface area contributed by atoms with E-state index in [1.54, 1.807) is 4.90 Å². The average molecular weight is 314 g/mol. The molecule has 2 rings (SSSR count). The Labute approximate surface area is 127 Å². The van der Waals surface area contributed by atoms with E-state index in [1.807, 2.05) is 6.92 Å². The summed E-state index contributed by atoms with van der Waals surface area (Å²) < 4.78 is 5.52. The first-order valence-corrected chi connectivity index (χ1v) is 7.11. The molecule has 1 saturated heterocycles. The number of nitro groups is 1. The molecule has 1 aliphatic rings. The molecule has 0 unspecified atom stereocenters. The normalized spacial score (nSPS) is 16.0. The minimum atomic E-state index is -0.622. The molecule has 1 amide bonds. The molecule has 0 atom stereocenters. The van der Waals surface area contributed by atoms with Crippen LogP contribution < -0.4 is 0 Å². The zero-order chi connectivity index (χ0) is 15.4. The van der Waals surface area contributed by atoms with E-state index in [1.165, 1.54) is 6.07 Å². The van der Waals surface area contributed by atoms with Gasteiger partial charge in [-0.15, -0.1) is 0 Å². The lowest BCUT2D eigenvalue weighted by atomic mass is 10.1. The molecule has 1 aromatic rings. The van der Waals surface area contributed by atoms with E-state index in [4.69, 9.17) is 16.3 Å². The van der Waals surface area contributed by atoms with Gasteiger partial charge in [-0.2, -0.15) is 0 Å². The molecule has 114 valence electrons. The van der Waals surface area contributed by atoms with E-state index in [0.29, 0.717) is 19.7 Å². The molecule has 0 saturated carbocycles. The molecule has 1 aliphatic heterocycles. The predicted molar refractivity (Wildman–Crippen MR) is 76.5 cm³/mol.